The van der Waals surface area contributed by atoms with Crippen LogP contribution >= 0.6 is 0 Å². The summed E-state index contributed by atoms with van der Waals surface area (Å²) in [4.78, 5) is 17.9. The number of rotatable bonds is 1. The Balaban J connectivity index is 0.000000511. The summed E-state index contributed by atoms with van der Waals surface area (Å²) >= 11 is 0. The average molecular weight is 239 g/mol. The molecule has 1 aromatic carbocycles. The van der Waals surface area contributed by atoms with Crippen LogP contribution in [0.3, 0.4) is 0 Å². The summed E-state index contributed by atoms with van der Waals surface area (Å²) in [6.45, 7) is 0. The van der Waals surface area contributed by atoms with E-state index in [1.165, 1.54) is 6.21 Å². The molecule has 2 amide bonds. The van der Waals surface area contributed by atoms with Crippen LogP contribution in [0.4, 0.5) is 4.79 Å². The SMILES string of the molecule is N#C[O-].O=C1N=CC(c2ccccc2)=N1.[K+]. The first-order valence-electron chi connectivity index (χ1n) is 4.01. The molecule has 5 nitrogen and oxygen atoms in total. The van der Waals surface area contributed by atoms with E-state index >= 15 is 0 Å². The average Bonchev–Trinajstić information content (AvgIpc) is 2.67. The molecule has 0 fully saturated rings. The van der Waals surface area contributed by atoms with E-state index in [1.807, 2.05) is 30.3 Å². The summed E-state index contributed by atoms with van der Waals surface area (Å²) in [5, 5.41) is 15.0. The van der Waals surface area contributed by atoms with E-state index in [4.69, 9.17) is 10.4 Å². The molecule has 16 heavy (non-hydrogen) atoms. The Bertz CT molecular complexity index is 449. The Morgan fingerprint density at radius 2 is 1.81 bits per heavy atom. The molecule has 0 radical (unpaired) electrons. The summed E-state index contributed by atoms with van der Waals surface area (Å²) in [7, 11) is 0. The molecule has 6 heteroatoms. The number of nitriles is 1. The monoisotopic (exact) mass is 239 g/mol. The third-order valence-electron chi connectivity index (χ3n) is 1.58. The van der Waals surface area contributed by atoms with E-state index in [0.29, 0.717) is 12.0 Å². The van der Waals surface area contributed by atoms with Gasteiger partial charge in [0, 0.05) is 11.8 Å². The molecule has 1 aliphatic heterocycles. The van der Waals surface area contributed by atoms with Crippen LogP contribution in [0.5, 0.6) is 0 Å². The van der Waals surface area contributed by atoms with Gasteiger partial charge in [-0.15, -0.1) is 0 Å². The molecular formula is C10H6KN3O2. The standard InChI is InChI=1S/C9H6N2O.CHNO.K/c12-9-10-6-8(11-9)7-4-2-1-3-5-7;2-1-3;/h1-6H;3H;/q;;+1/p-1. The molecule has 0 aliphatic carbocycles. The number of urea groups is 1. The Kier molecular flexibility index (Phi) is 7.89. The molecule has 1 aliphatic rings. The fraction of sp³-hybridized carbons (Fsp3) is 0. The molecule has 0 unspecified atom stereocenters. The number of aliphatic imine (C=N–C) groups is 2. The largest absolute Gasteiger partial charge is 1.00 e. The zero-order valence-corrected chi connectivity index (χ0v) is 11.7. The van der Waals surface area contributed by atoms with E-state index < -0.39 is 6.03 Å². The van der Waals surface area contributed by atoms with Gasteiger partial charge in [0.15, 0.2) is 0 Å². The van der Waals surface area contributed by atoms with Crippen molar-refractivity contribution in [3.05, 3.63) is 35.9 Å². The molecule has 0 spiro atoms. The molecule has 1 heterocycles. The van der Waals surface area contributed by atoms with E-state index in [9.17, 15) is 4.79 Å². The van der Waals surface area contributed by atoms with Crippen molar-refractivity contribution in [2.45, 2.75) is 0 Å². The van der Waals surface area contributed by atoms with Gasteiger partial charge in [-0.3, -0.25) is 0 Å². The third-order valence-corrected chi connectivity index (χ3v) is 1.58. The first-order chi connectivity index (χ1) is 7.27. The number of hydrogen-bond acceptors (Lipinski definition) is 3. The maximum atomic E-state index is 10.6. The van der Waals surface area contributed by atoms with Crippen molar-refractivity contribution >= 4 is 18.0 Å². The van der Waals surface area contributed by atoms with Crippen LogP contribution in [0.2, 0.25) is 0 Å². The summed E-state index contributed by atoms with van der Waals surface area (Å²) in [5.74, 6) is 0. The van der Waals surface area contributed by atoms with Gasteiger partial charge < -0.3 is 5.11 Å². The van der Waals surface area contributed by atoms with Crippen molar-refractivity contribution in [1.82, 2.24) is 0 Å². The molecule has 0 saturated heterocycles. The molecule has 1 aromatic rings. The van der Waals surface area contributed by atoms with Gasteiger partial charge in [-0.05, 0) is 0 Å². The summed E-state index contributed by atoms with van der Waals surface area (Å²) in [6, 6.07) is 9.07. The number of benzene rings is 1. The Labute approximate surface area is 135 Å². The Morgan fingerprint density at radius 1 is 1.25 bits per heavy atom. The van der Waals surface area contributed by atoms with Gasteiger partial charge in [0.05, 0.1) is 11.9 Å². The second-order valence-electron chi connectivity index (χ2n) is 2.50. The van der Waals surface area contributed by atoms with Crippen LogP contribution in [-0.2, 0) is 0 Å². The topological polar surface area (TPSA) is 88.6 Å². The zero-order chi connectivity index (χ0) is 11.1. The van der Waals surface area contributed by atoms with Gasteiger partial charge in [-0.2, -0.15) is 9.98 Å². The fourth-order valence-electron chi connectivity index (χ4n) is 1.03. The van der Waals surface area contributed by atoms with Crippen LogP contribution in [-0.4, -0.2) is 18.0 Å². The van der Waals surface area contributed by atoms with Gasteiger partial charge in [0.2, 0.25) is 0 Å². The molecule has 74 valence electrons. The molecule has 0 bridgehead atoms. The molecule has 0 aromatic heterocycles. The quantitative estimate of drug-likeness (QED) is 0.401. The first kappa shape index (κ1) is 15.2. The van der Waals surface area contributed by atoms with Gasteiger partial charge >= 0.3 is 57.4 Å². The minimum absolute atomic E-state index is 0. The van der Waals surface area contributed by atoms with E-state index in [-0.39, 0.29) is 51.4 Å². The van der Waals surface area contributed by atoms with E-state index in [0.717, 1.165) is 5.56 Å². The molecule has 0 saturated carbocycles. The second-order valence-corrected chi connectivity index (χ2v) is 2.50. The predicted molar refractivity (Wildman–Crippen MR) is 52.5 cm³/mol. The van der Waals surface area contributed by atoms with Gasteiger partial charge in [0.25, 0.3) is 0 Å². The fourth-order valence-corrected chi connectivity index (χ4v) is 1.03. The minimum Gasteiger partial charge on any atom is -0.812 e. The first-order valence-corrected chi connectivity index (χ1v) is 4.01. The smallest absolute Gasteiger partial charge is 0.812 e. The Morgan fingerprint density at radius 3 is 2.25 bits per heavy atom. The number of hydrogen-bond donors (Lipinski definition) is 0. The summed E-state index contributed by atoms with van der Waals surface area (Å²) in [6.07, 6.45) is 1.98. The van der Waals surface area contributed by atoms with Crippen LogP contribution < -0.4 is 56.5 Å². The molecule has 0 N–H and O–H groups in total. The van der Waals surface area contributed by atoms with E-state index in [1.54, 1.807) is 0 Å². The molecule has 0 atom stereocenters. The second kappa shape index (κ2) is 8.32. The van der Waals surface area contributed by atoms with Gasteiger partial charge in [-0.25, -0.2) is 10.1 Å². The van der Waals surface area contributed by atoms with Gasteiger partial charge in [-0.1, -0.05) is 30.3 Å². The van der Waals surface area contributed by atoms with Crippen molar-refractivity contribution in [3.63, 3.8) is 0 Å². The van der Waals surface area contributed by atoms with Crippen molar-refractivity contribution < 1.29 is 61.3 Å². The molecular weight excluding hydrogens is 233 g/mol. The van der Waals surface area contributed by atoms with Crippen molar-refractivity contribution in [3.8, 4) is 6.26 Å². The normalized spacial score (nSPS) is 11.7. The minimum atomic E-state index is -0.422. The van der Waals surface area contributed by atoms with Crippen LogP contribution in [0.25, 0.3) is 0 Å². The van der Waals surface area contributed by atoms with Crippen LogP contribution in [0, 0.1) is 11.5 Å². The third kappa shape index (κ3) is 4.79. The number of nitrogens with zero attached hydrogens (tertiary/aromatic N) is 3. The maximum absolute atomic E-state index is 10.6. The van der Waals surface area contributed by atoms with Crippen molar-refractivity contribution in [1.29, 1.82) is 5.26 Å². The summed E-state index contributed by atoms with van der Waals surface area (Å²) in [5.41, 5.74) is 1.56. The maximum Gasteiger partial charge on any atom is 1.00 e. The van der Waals surface area contributed by atoms with Crippen molar-refractivity contribution in [2.24, 2.45) is 9.98 Å². The predicted octanol–water partition coefficient (Wildman–Crippen LogP) is -2.49. The zero-order valence-electron chi connectivity index (χ0n) is 8.62. The van der Waals surface area contributed by atoms with Gasteiger partial charge in [0.1, 0.15) is 0 Å². The van der Waals surface area contributed by atoms with Crippen LogP contribution in [0.1, 0.15) is 5.56 Å². The Hall–Kier alpha value is -0.844. The summed E-state index contributed by atoms with van der Waals surface area (Å²) < 4.78 is 0. The van der Waals surface area contributed by atoms with Crippen molar-refractivity contribution in [2.75, 3.05) is 0 Å². The van der Waals surface area contributed by atoms with E-state index in [2.05, 4.69) is 9.98 Å². The number of carbonyl (C=O) groups is 1. The number of carbonyl (C=O) groups excluding carboxylic acids is 1. The number of amides is 2. The molecule has 2 rings (SSSR count). The van der Waals surface area contributed by atoms with Crippen LogP contribution in [0.15, 0.2) is 40.3 Å².